The number of benzene rings is 3. The van der Waals surface area contributed by atoms with Gasteiger partial charge < -0.3 is 10.6 Å². The number of para-hydroxylation sites is 1. The highest BCUT2D eigenvalue weighted by molar-refractivity contribution is 5.54. The first kappa shape index (κ1) is 15.2. The molecule has 0 aliphatic carbocycles. The lowest BCUT2D eigenvalue weighted by atomic mass is 9.96. The third kappa shape index (κ3) is 3.37. The number of hydrogen-bond donors (Lipinski definition) is 1. The Morgan fingerprint density at radius 2 is 1.39 bits per heavy atom. The quantitative estimate of drug-likeness (QED) is 0.680. The molecule has 116 valence electrons. The van der Waals surface area contributed by atoms with Crippen molar-refractivity contribution >= 4 is 11.4 Å². The average Bonchev–Trinajstić information content (AvgIpc) is 2.61. The maximum Gasteiger partial charge on any atom is 0.0796 e. The molecular formula is C21H22N2. The summed E-state index contributed by atoms with van der Waals surface area (Å²) in [5, 5.41) is 0. The third-order valence-electron chi connectivity index (χ3n) is 4.08. The van der Waals surface area contributed by atoms with Crippen molar-refractivity contribution in [3.8, 4) is 0 Å². The molecule has 2 nitrogen and oxygen atoms in total. The molecule has 0 aliphatic rings. The molecule has 3 aromatic carbocycles. The molecule has 0 spiro atoms. The van der Waals surface area contributed by atoms with E-state index in [-0.39, 0.29) is 6.04 Å². The van der Waals surface area contributed by atoms with E-state index in [9.17, 15) is 0 Å². The van der Waals surface area contributed by atoms with Gasteiger partial charge in [-0.15, -0.1) is 0 Å². The molecule has 0 aromatic heterocycles. The lowest BCUT2D eigenvalue weighted by molar-refractivity contribution is 0.726. The summed E-state index contributed by atoms with van der Waals surface area (Å²) in [6.07, 6.45) is 0. The van der Waals surface area contributed by atoms with Crippen LogP contribution in [0.25, 0.3) is 0 Å². The van der Waals surface area contributed by atoms with Crippen molar-refractivity contribution in [2.75, 3.05) is 17.2 Å². The molecule has 2 heteroatoms. The summed E-state index contributed by atoms with van der Waals surface area (Å²) >= 11 is 0. The van der Waals surface area contributed by atoms with Crippen molar-refractivity contribution in [1.82, 2.24) is 0 Å². The number of hydrogen-bond acceptors (Lipinski definition) is 2. The van der Waals surface area contributed by atoms with Gasteiger partial charge in [0, 0.05) is 17.9 Å². The van der Waals surface area contributed by atoms with Crippen molar-refractivity contribution in [3.63, 3.8) is 0 Å². The molecule has 0 saturated carbocycles. The Hall–Kier alpha value is -2.74. The van der Waals surface area contributed by atoms with Gasteiger partial charge in [0.15, 0.2) is 0 Å². The number of nitrogens with zero attached hydrogens (tertiary/aromatic N) is 1. The van der Waals surface area contributed by atoms with Gasteiger partial charge in [-0.3, -0.25) is 0 Å². The molecule has 0 fully saturated rings. The minimum atomic E-state index is 0.145. The topological polar surface area (TPSA) is 29.3 Å². The van der Waals surface area contributed by atoms with Crippen molar-refractivity contribution in [2.45, 2.75) is 13.0 Å². The molecule has 0 aliphatic heterocycles. The number of nitrogen functional groups attached to an aromatic ring is 1. The number of anilines is 2. The molecule has 0 radical (unpaired) electrons. The van der Waals surface area contributed by atoms with Crippen LogP contribution in [0.15, 0.2) is 84.9 Å². The van der Waals surface area contributed by atoms with Gasteiger partial charge in [-0.25, -0.2) is 0 Å². The van der Waals surface area contributed by atoms with Gasteiger partial charge in [0.1, 0.15) is 0 Å². The van der Waals surface area contributed by atoms with Crippen LogP contribution in [0.3, 0.4) is 0 Å². The van der Waals surface area contributed by atoms with Crippen LogP contribution in [-0.2, 0) is 0 Å². The van der Waals surface area contributed by atoms with Crippen LogP contribution in [0.5, 0.6) is 0 Å². The SMILES string of the molecule is CCN(c1ccccc1)C(c1ccccc1)c1cccc(N)c1. The molecule has 0 heterocycles. The summed E-state index contributed by atoms with van der Waals surface area (Å²) in [6, 6.07) is 29.5. The molecule has 2 N–H and O–H groups in total. The van der Waals surface area contributed by atoms with Crippen LogP contribution in [0.4, 0.5) is 11.4 Å². The second-order valence-corrected chi connectivity index (χ2v) is 5.60. The predicted octanol–water partition coefficient (Wildman–Crippen LogP) is 4.88. The largest absolute Gasteiger partial charge is 0.399 e. The van der Waals surface area contributed by atoms with Gasteiger partial charge in [0.2, 0.25) is 0 Å². The van der Waals surface area contributed by atoms with E-state index in [2.05, 4.69) is 84.6 Å². The Bertz CT molecular complexity index is 738. The van der Waals surface area contributed by atoms with Crippen molar-refractivity contribution in [1.29, 1.82) is 0 Å². The zero-order chi connectivity index (χ0) is 16.1. The van der Waals surface area contributed by atoms with Gasteiger partial charge in [-0.2, -0.15) is 0 Å². The Morgan fingerprint density at radius 3 is 2.00 bits per heavy atom. The van der Waals surface area contributed by atoms with E-state index in [4.69, 9.17) is 5.73 Å². The minimum absolute atomic E-state index is 0.145. The van der Waals surface area contributed by atoms with E-state index < -0.39 is 0 Å². The van der Waals surface area contributed by atoms with E-state index in [1.807, 2.05) is 12.1 Å². The summed E-state index contributed by atoms with van der Waals surface area (Å²) in [6.45, 7) is 3.10. The van der Waals surface area contributed by atoms with Gasteiger partial charge in [-0.05, 0) is 42.3 Å². The highest BCUT2D eigenvalue weighted by Gasteiger charge is 2.21. The molecule has 0 saturated heterocycles. The number of nitrogens with two attached hydrogens (primary N) is 1. The van der Waals surface area contributed by atoms with Crippen LogP contribution in [0.2, 0.25) is 0 Å². The van der Waals surface area contributed by atoms with E-state index in [0.717, 1.165) is 12.2 Å². The smallest absolute Gasteiger partial charge is 0.0796 e. The summed E-state index contributed by atoms with van der Waals surface area (Å²) in [7, 11) is 0. The summed E-state index contributed by atoms with van der Waals surface area (Å²) in [4.78, 5) is 2.41. The van der Waals surface area contributed by atoms with E-state index in [1.54, 1.807) is 0 Å². The molecule has 23 heavy (non-hydrogen) atoms. The van der Waals surface area contributed by atoms with E-state index in [0.29, 0.717) is 0 Å². The zero-order valence-electron chi connectivity index (χ0n) is 13.4. The average molecular weight is 302 g/mol. The fourth-order valence-corrected chi connectivity index (χ4v) is 3.05. The highest BCUT2D eigenvalue weighted by Crippen LogP contribution is 2.33. The van der Waals surface area contributed by atoms with Gasteiger partial charge in [0.05, 0.1) is 6.04 Å². The first-order valence-electron chi connectivity index (χ1n) is 8.01. The normalized spacial score (nSPS) is 11.9. The molecule has 1 unspecified atom stereocenters. The Balaban J connectivity index is 2.11. The Morgan fingerprint density at radius 1 is 0.783 bits per heavy atom. The summed E-state index contributed by atoms with van der Waals surface area (Å²) in [5.41, 5.74) is 10.5. The van der Waals surface area contributed by atoms with Gasteiger partial charge >= 0.3 is 0 Å². The third-order valence-corrected chi connectivity index (χ3v) is 4.08. The van der Waals surface area contributed by atoms with Crippen LogP contribution in [0.1, 0.15) is 24.1 Å². The van der Waals surface area contributed by atoms with E-state index in [1.165, 1.54) is 16.8 Å². The second kappa shape index (κ2) is 7.01. The van der Waals surface area contributed by atoms with Crippen LogP contribution >= 0.6 is 0 Å². The van der Waals surface area contributed by atoms with Crippen molar-refractivity contribution in [3.05, 3.63) is 96.1 Å². The predicted molar refractivity (Wildman–Crippen MR) is 98.6 cm³/mol. The molecule has 3 rings (SSSR count). The van der Waals surface area contributed by atoms with E-state index >= 15 is 0 Å². The fraction of sp³-hybridized carbons (Fsp3) is 0.143. The first-order chi connectivity index (χ1) is 11.3. The van der Waals surface area contributed by atoms with Crippen molar-refractivity contribution < 1.29 is 0 Å². The molecule has 0 bridgehead atoms. The minimum Gasteiger partial charge on any atom is -0.399 e. The Kier molecular flexibility index (Phi) is 4.62. The fourth-order valence-electron chi connectivity index (χ4n) is 3.05. The second-order valence-electron chi connectivity index (χ2n) is 5.60. The molecule has 0 amide bonds. The van der Waals surface area contributed by atoms with Gasteiger partial charge in [-0.1, -0.05) is 60.7 Å². The van der Waals surface area contributed by atoms with Crippen molar-refractivity contribution in [2.24, 2.45) is 0 Å². The summed E-state index contributed by atoms with van der Waals surface area (Å²) < 4.78 is 0. The van der Waals surface area contributed by atoms with Crippen LogP contribution < -0.4 is 10.6 Å². The lowest BCUT2D eigenvalue weighted by Crippen LogP contribution is -2.29. The monoisotopic (exact) mass is 302 g/mol. The van der Waals surface area contributed by atoms with Crippen LogP contribution in [-0.4, -0.2) is 6.54 Å². The van der Waals surface area contributed by atoms with Crippen LogP contribution in [0, 0.1) is 0 Å². The zero-order valence-corrected chi connectivity index (χ0v) is 13.4. The summed E-state index contributed by atoms with van der Waals surface area (Å²) in [5.74, 6) is 0. The Labute approximate surface area is 138 Å². The number of rotatable bonds is 5. The highest BCUT2D eigenvalue weighted by atomic mass is 15.2. The first-order valence-corrected chi connectivity index (χ1v) is 8.01. The lowest BCUT2D eigenvalue weighted by Gasteiger charge is -2.34. The van der Waals surface area contributed by atoms with Gasteiger partial charge in [0.25, 0.3) is 0 Å². The standard InChI is InChI=1S/C21H22N2/c1-2-23(20-14-7-4-8-15-20)21(17-10-5-3-6-11-17)18-12-9-13-19(22)16-18/h3-16,21H,2,22H2,1H3. The molecule has 3 aromatic rings. The molecular weight excluding hydrogens is 280 g/mol. The maximum absolute atomic E-state index is 6.04. The molecule has 1 atom stereocenters. The maximum atomic E-state index is 6.04.